The molecule has 4 nitrogen and oxygen atoms in total. The molecule has 2 atom stereocenters. The number of nitrogens with zero attached hydrogens (tertiary/aromatic N) is 1. The Morgan fingerprint density at radius 2 is 2.32 bits per heavy atom. The third-order valence-corrected chi connectivity index (χ3v) is 4.20. The Morgan fingerprint density at radius 3 is 3.11 bits per heavy atom. The van der Waals surface area contributed by atoms with Gasteiger partial charge in [-0.1, -0.05) is 12.1 Å². The van der Waals surface area contributed by atoms with Crippen LogP contribution >= 0.6 is 0 Å². The summed E-state index contributed by atoms with van der Waals surface area (Å²) in [7, 11) is 0. The number of nitrogens with one attached hydrogen (secondary N) is 1. The maximum atomic E-state index is 13.8. The van der Waals surface area contributed by atoms with Gasteiger partial charge in [-0.05, 0) is 30.0 Å². The number of carbonyl (C=O) groups is 1. The number of hydrogen-bond donors (Lipinski definition) is 2. The first-order valence-electron chi connectivity index (χ1n) is 6.71. The third-order valence-electron chi connectivity index (χ3n) is 4.20. The minimum Gasteiger partial charge on any atom is -0.368 e. The van der Waals surface area contributed by atoms with Gasteiger partial charge < -0.3 is 11.1 Å². The van der Waals surface area contributed by atoms with Gasteiger partial charge in [0.1, 0.15) is 11.9 Å². The summed E-state index contributed by atoms with van der Waals surface area (Å²) in [5.74, 6) is -0.442. The normalized spacial score (nSPS) is 27.2. The van der Waals surface area contributed by atoms with Crippen LogP contribution in [0.15, 0.2) is 18.2 Å². The third kappa shape index (κ3) is 2.13. The molecule has 0 spiro atoms. The molecule has 1 aromatic rings. The number of halogens is 1. The standard InChI is InChI=1S/C14H18FN3O/c15-11-3-1-2-10-9(11)4-5-12(10)18-7-6-17-8-13(18)14(16)19/h1-3,12-13,17H,4-8H2,(H2,16,19). The molecular weight excluding hydrogens is 245 g/mol. The Bertz CT molecular complexity index is 505. The quantitative estimate of drug-likeness (QED) is 0.820. The van der Waals surface area contributed by atoms with E-state index in [4.69, 9.17) is 5.73 Å². The van der Waals surface area contributed by atoms with Crippen molar-refractivity contribution >= 4 is 5.91 Å². The van der Waals surface area contributed by atoms with E-state index < -0.39 is 0 Å². The number of primary amides is 1. The molecule has 0 radical (unpaired) electrons. The largest absolute Gasteiger partial charge is 0.368 e. The molecule has 0 aromatic heterocycles. The molecule has 2 unspecified atom stereocenters. The number of benzene rings is 1. The van der Waals surface area contributed by atoms with Crippen molar-refractivity contribution in [2.75, 3.05) is 19.6 Å². The first-order chi connectivity index (χ1) is 9.18. The molecule has 3 N–H and O–H groups in total. The monoisotopic (exact) mass is 263 g/mol. The molecule has 1 fully saturated rings. The van der Waals surface area contributed by atoms with Crippen molar-refractivity contribution in [3.63, 3.8) is 0 Å². The summed E-state index contributed by atoms with van der Waals surface area (Å²) in [5, 5.41) is 3.19. The Labute approximate surface area is 111 Å². The minimum atomic E-state index is -0.308. The summed E-state index contributed by atoms with van der Waals surface area (Å²) < 4.78 is 13.8. The van der Waals surface area contributed by atoms with Crippen molar-refractivity contribution < 1.29 is 9.18 Å². The van der Waals surface area contributed by atoms with Gasteiger partial charge in [0.15, 0.2) is 0 Å². The average molecular weight is 263 g/mol. The minimum absolute atomic E-state index is 0.116. The van der Waals surface area contributed by atoms with Crippen molar-refractivity contribution in [3.05, 3.63) is 35.1 Å². The molecule has 0 bridgehead atoms. The van der Waals surface area contributed by atoms with Gasteiger partial charge in [-0.15, -0.1) is 0 Å². The Morgan fingerprint density at radius 1 is 1.47 bits per heavy atom. The van der Waals surface area contributed by atoms with Crippen LogP contribution in [0.2, 0.25) is 0 Å². The van der Waals surface area contributed by atoms with E-state index in [1.54, 1.807) is 6.07 Å². The van der Waals surface area contributed by atoms with E-state index in [-0.39, 0.29) is 23.8 Å². The molecule has 3 rings (SSSR count). The van der Waals surface area contributed by atoms with Crippen LogP contribution < -0.4 is 11.1 Å². The van der Waals surface area contributed by atoms with Gasteiger partial charge in [-0.25, -0.2) is 4.39 Å². The average Bonchev–Trinajstić information content (AvgIpc) is 2.84. The van der Waals surface area contributed by atoms with Crippen LogP contribution in [0.4, 0.5) is 4.39 Å². The van der Waals surface area contributed by atoms with Crippen LogP contribution in [0, 0.1) is 5.82 Å². The summed E-state index contributed by atoms with van der Waals surface area (Å²) in [6.07, 6.45) is 1.60. The number of amides is 1. The highest BCUT2D eigenvalue weighted by Gasteiger charge is 2.36. The molecule has 2 aliphatic rings. The highest BCUT2D eigenvalue weighted by Crippen LogP contribution is 2.38. The number of fused-ring (bicyclic) bond motifs is 1. The molecule has 1 saturated heterocycles. The topological polar surface area (TPSA) is 58.4 Å². The fourth-order valence-corrected chi connectivity index (χ4v) is 3.29. The fourth-order valence-electron chi connectivity index (χ4n) is 3.29. The maximum absolute atomic E-state index is 13.8. The van der Waals surface area contributed by atoms with Crippen molar-refractivity contribution in [2.24, 2.45) is 5.73 Å². The van der Waals surface area contributed by atoms with E-state index in [1.165, 1.54) is 6.07 Å². The van der Waals surface area contributed by atoms with Gasteiger partial charge >= 0.3 is 0 Å². The van der Waals surface area contributed by atoms with E-state index in [2.05, 4.69) is 10.2 Å². The second-order valence-electron chi connectivity index (χ2n) is 5.22. The zero-order chi connectivity index (χ0) is 13.4. The maximum Gasteiger partial charge on any atom is 0.236 e. The SMILES string of the molecule is NC(=O)C1CNCCN1C1CCc2c(F)cccc21. The number of carbonyl (C=O) groups excluding carboxylic acids is 1. The van der Waals surface area contributed by atoms with Crippen LogP contribution in [-0.2, 0) is 11.2 Å². The molecular formula is C14H18FN3O. The smallest absolute Gasteiger partial charge is 0.236 e. The lowest BCUT2D eigenvalue weighted by Gasteiger charge is -2.38. The molecule has 1 heterocycles. The molecule has 1 aromatic carbocycles. The van der Waals surface area contributed by atoms with Crippen LogP contribution in [-0.4, -0.2) is 36.5 Å². The zero-order valence-corrected chi connectivity index (χ0v) is 10.7. The second kappa shape index (κ2) is 4.90. The summed E-state index contributed by atoms with van der Waals surface area (Å²) in [6.45, 7) is 2.19. The first kappa shape index (κ1) is 12.6. The van der Waals surface area contributed by atoms with Crippen LogP contribution in [0.3, 0.4) is 0 Å². The van der Waals surface area contributed by atoms with E-state index in [1.807, 2.05) is 6.07 Å². The lowest BCUT2D eigenvalue weighted by Crippen LogP contribution is -2.57. The van der Waals surface area contributed by atoms with Gasteiger partial charge in [0.05, 0.1) is 0 Å². The molecule has 1 aliphatic carbocycles. The van der Waals surface area contributed by atoms with E-state index in [0.29, 0.717) is 6.54 Å². The molecule has 1 amide bonds. The van der Waals surface area contributed by atoms with Gasteiger partial charge in [-0.2, -0.15) is 0 Å². The van der Waals surface area contributed by atoms with Crippen molar-refractivity contribution in [2.45, 2.75) is 24.9 Å². The van der Waals surface area contributed by atoms with Crippen LogP contribution in [0.5, 0.6) is 0 Å². The lowest BCUT2D eigenvalue weighted by molar-refractivity contribution is -0.124. The van der Waals surface area contributed by atoms with Crippen molar-refractivity contribution in [1.82, 2.24) is 10.2 Å². The van der Waals surface area contributed by atoms with Gasteiger partial charge in [0, 0.05) is 25.7 Å². The second-order valence-corrected chi connectivity index (χ2v) is 5.22. The van der Waals surface area contributed by atoms with E-state index in [9.17, 15) is 9.18 Å². The molecule has 102 valence electrons. The summed E-state index contributed by atoms with van der Waals surface area (Å²) in [5.41, 5.74) is 7.30. The molecule has 0 saturated carbocycles. The first-order valence-corrected chi connectivity index (χ1v) is 6.71. The van der Waals surface area contributed by atoms with Gasteiger partial charge in [0.25, 0.3) is 0 Å². The van der Waals surface area contributed by atoms with Crippen molar-refractivity contribution in [3.8, 4) is 0 Å². The van der Waals surface area contributed by atoms with Gasteiger partial charge in [0.2, 0.25) is 5.91 Å². The Kier molecular flexibility index (Phi) is 3.24. The number of hydrogen-bond acceptors (Lipinski definition) is 3. The number of nitrogens with two attached hydrogens (primary N) is 1. The van der Waals surface area contributed by atoms with Crippen molar-refractivity contribution in [1.29, 1.82) is 0 Å². The summed E-state index contributed by atoms with van der Waals surface area (Å²) in [6, 6.07) is 5.03. The predicted octanol–water partition coefficient (Wildman–Crippen LogP) is 0.572. The Balaban J connectivity index is 1.91. The summed E-state index contributed by atoms with van der Waals surface area (Å²) >= 11 is 0. The zero-order valence-electron chi connectivity index (χ0n) is 10.7. The summed E-state index contributed by atoms with van der Waals surface area (Å²) in [4.78, 5) is 13.7. The van der Waals surface area contributed by atoms with E-state index >= 15 is 0 Å². The Hall–Kier alpha value is -1.46. The highest BCUT2D eigenvalue weighted by atomic mass is 19.1. The molecule has 5 heteroatoms. The van der Waals surface area contributed by atoms with E-state index in [0.717, 1.165) is 37.1 Å². The van der Waals surface area contributed by atoms with Gasteiger partial charge in [-0.3, -0.25) is 9.69 Å². The predicted molar refractivity (Wildman–Crippen MR) is 70.0 cm³/mol. The molecule has 1 aliphatic heterocycles. The molecule has 19 heavy (non-hydrogen) atoms. The lowest BCUT2D eigenvalue weighted by atomic mass is 10.0. The number of piperazine rings is 1. The highest BCUT2D eigenvalue weighted by molar-refractivity contribution is 5.80. The fraction of sp³-hybridized carbons (Fsp3) is 0.500. The number of rotatable bonds is 2. The van der Waals surface area contributed by atoms with Crippen LogP contribution in [0.1, 0.15) is 23.6 Å². The van der Waals surface area contributed by atoms with Crippen LogP contribution in [0.25, 0.3) is 0 Å².